The fraction of sp³-hybridized carbons (Fsp3) is 0.273. The Morgan fingerprint density at radius 3 is 2.44 bits per heavy atom. The number of benzene rings is 1. The molecule has 0 heterocycles. The van der Waals surface area contributed by atoms with Gasteiger partial charge in [-0.3, -0.25) is 10.2 Å². The zero-order valence-corrected chi connectivity index (χ0v) is 9.07. The minimum atomic E-state index is -0.659. The van der Waals surface area contributed by atoms with Crippen molar-refractivity contribution in [2.45, 2.75) is 12.5 Å². The second-order valence-corrected chi connectivity index (χ2v) is 3.44. The Morgan fingerprint density at radius 1 is 1.44 bits per heavy atom. The summed E-state index contributed by atoms with van der Waals surface area (Å²) in [6, 6.07) is 6.37. The van der Waals surface area contributed by atoms with Gasteiger partial charge in [0.1, 0.15) is 11.9 Å². The molecule has 0 aliphatic rings. The first-order valence-corrected chi connectivity index (χ1v) is 4.81. The van der Waals surface area contributed by atoms with Crippen LogP contribution in [-0.4, -0.2) is 25.0 Å². The van der Waals surface area contributed by atoms with Crippen molar-refractivity contribution < 1.29 is 9.53 Å². The lowest BCUT2D eigenvalue weighted by atomic mass is 10.0. The van der Waals surface area contributed by atoms with E-state index in [4.69, 9.17) is 16.9 Å². The highest BCUT2D eigenvalue weighted by Crippen LogP contribution is 2.06. The molecule has 0 aliphatic carbocycles. The normalized spacial score (nSPS) is 11.9. The first kappa shape index (κ1) is 12.2. The standard InChI is InChI=1S/C11H15N3O2/c1-16-11(15)9(12)6-7-2-4-8(5-3-7)10(13)14/h2-5,9H,6,12H2,1H3,(H3,13,14). The lowest BCUT2D eigenvalue weighted by molar-refractivity contribution is -0.142. The van der Waals surface area contributed by atoms with Gasteiger partial charge < -0.3 is 16.2 Å². The van der Waals surface area contributed by atoms with E-state index in [1.54, 1.807) is 24.3 Å². The van der Waals surface area contributed by atoms with Crippen LogP contribution in [0.15, 0.2) is 24.3 Å². The van der Waals surface area contributed by atoms with Crippen molar-refractivity contribution >= 4 is 11.8 Å². The van der Waals surface area contributed by atoms with Crippen LogP contribution in [0.4, 0.5) is 0 Å². The molecule has 0 bridgehead atoms. The molecule has 1 rings (SSSR count). The summed E-state index contributed by atoms with van der Waals surface area (Å²) in [7, 11) is 1.31. The molecule has 16 heavy (non-hydrogen) atoms. The molecule has 0 radical (unpaired) electrons. The average molecular weight is 221 g/mol. The molecule has 1 atom stereocenters. The molecule has 86 valence electrons. The van der Waals surface area contributed by atoms with E-state index in [0.717, 1.165) is 5.56 Å². The molecule has 5 N–H and O–H groups in total. The molecule has 1 unspecified atom stereocenters. The van der Waals surface area contributed by atoms with E-state index in [-0.39, 0.29) is 5.84 Å². The largest absolute Gasteiger partial charge is 0.468 e. The van der Waals surface area contributed by atoms with Crippen LogP contribution in [0.3, 0.4) is 0 Å². The number of nitrogen functional groups attached to an aromatic ring is 1. The molecule has 1 aromatic carbocycles. The van der Waals surface area contributed by atoms with Crippen LogP contribution in [0, 0.1) is 5.41 Å². The van der Waals surface area contributed by atoms with Gasteiger partial charge in [0.25, 0.3) is 0 Å². The van der Waals surface area contributed by atoms with E-state index in [0.29, 0.717) is 12.0 Å². The first-order chi connectivity index (χ1) is 7.54. The van der Waals surface area contributed by atoms with Crippen LogP contribution in [-0.2, 0) is 16.0 Å². The highest BCUT2D eigenvalue weighted by Gasteiger charge is 2.13. The van der Waals surface area contributed by atoms with Crippen LogP contribution in [0.1, 0.15) is 11.1 Å². The van der Waals surface area contributed by atoms with Crippen LogP contribution in [0.2, 0.25) is 0 Å². The Labute approximate surface area is 93.9 Å². The molecule has 1 aromatic rings. The van der Waals surface area contributed by atoms with Crippen LogP contribution in [0.5, 0.6) is 0 Å². The molecular formula is C11H15N3O2. The van der Waals surface area contributed by atoms with E-state index >= 15 is 0 Å². The lowest BCUT2D eigenvalue weighted by Gasteiger charge is -2.09. The predicted octanol–water partition coefficient (Wildman–Crippen LogP) is 0.0135. The molecule has 0 saturated carbocycles. The van der Waals surface area contributed by atoms with Gasteiger partial charge in [-0.25, -0.2) is 0 Å². The van der Waals surface area contributed by atoms with Crippen molar-refractivity contribution in [2.75, 3.05) is 7.11 Å². The molecule has 5 nitrogen and oxygen atoms in total. The topological polar surface area (TPSA) is 102 Å². The van der Waals surface area contributed by atoms with E-state index in [1.807, 2.05) is 0 Å². The average Bonchev–Trinajstić information content (AvgIpc) is 2.28. The zero-order valence-electron chi connectivity index (χ0n) is 9.07. The second kappa shape index (κ2) is 5.27. The third-order valence-corrected chi connectivity index (χ3v) is 2.22. The number of ether oxygens (including phenoxy) is 1. The molecular weight excluding hydrogens is 206 g/mol. The lowest BCUT2D eigenvalue weighted by Crippen LogP contribution is -2.33. The smallest absolute Gasteiger partial charge is 0.322 e. The Hall–Kier alpha value is -1.88. The molecule has 0 fully saturated rings. The van der Waals surface area contributed by atoms with Gasteiger partial charge in [0.2, 0.25) is 0 Å². The Bertz CT molecular complexity index is 387. The fourth-order valence-electron chi connectivity index (χ4n) is 1.31. The summed E-state index contributed by atoms with van der Waals surface area (Å²) >= 11 is 0. The summed E-state index contributed by atoms with van der Waals surface area (Å²) in [4.78, 5) is 11.1. The molecule has 0 amide bonds. The Morgan fingerprint density at radius 2 is 2.00 bits per heavy atom. The number of carbonyl (C=O) groups excluding carboxylic acids is 1. The molecule has 0 aromatic heterocycles. The minimum absolute atomic E-state index is 0.0174. The summed E-state index contributed by atoms with van der Waals surface area (Å²) in [5, 5.41) is 7.22. The number of nitrogens with one attached hydrogen (secondary N) is 1. The maximum absolute atomic E-state index is 11.1. The van der Waals surface area contributed by atoms with Gasteiger partial charge in [-0.2, -0.15) is 0 Å². The highest BCUT2D eigenvalue weighted by atomic mass is 16.5. The maximum atomic E-state index is 11.1. The monoisotopic (exact) mass is 221 g/mol. The van der Waals surface area contributed by atoms with Crippen molar-refractivity contribution in [2.24, 2.45) is 11.5 Å². The minimum Gasteiger partial charge on any atom is -0.468 e. The van der Waals surface area contributed by atoms with Crippen LogP contribution >= 0.6 is 0 Å². The van der Waals surface area contributed by atoms with Crippen LogP contribution in [0.25, 0.3) is 0 Å². The summed E-state index contributed by atoms with van der Waals surface area (Å²) in [5.74, 6) is -0.417. The zero-order chi connectivity index (χ0) is 12.1. The number of hydrogen-bond acceptors (Lipinski definition) is 4. The Kier molecular flexibility index (Phi) is 4.02. The van der Waals surface area contributed by atoms with Crippen molar-refractivity contribution in [1.82, 2.24) is 0 Å². The third-order valence-electron chi connectivity index (χ3n) is 2.22. The summed E-state index contributed by atoms with van der Waals surface area (Å²) in [6.07, 6.45) is 0.408. The quantitative estimate of drug-likeness (QED) is 0.378. The van der Waals surface area contributed by atoms with Crippen molar-refractivity contribution in [3.05, 3.63) is 35.4 Å². The summed E-state index contributed by atoms with van der Waals surface area (Å²) in [5.41, 5.74) is 12.5. The number of nitrogens with two attached hydrogens (primary N) is 2. The van der Waals surface area contributed by atoms with Gasteiger partial charge >= 0.3 is 5.97 Å². The van der Waals surface area contributed by atoms with Gasteiger partial charge in [0.05, 0.1) is 7.11 Å². The Balaban J connectivity index is 2.68. The van der Waals surface area contributed by atoms with Gasteiger partial charge in [-0.15, -0.1) is 0 Å². The predicted molar refractivity (Wildman–Crippen MR) is 61.2 cm³/mol. The summed E-state index contributed by atoms with van der Waals surface area (Å²) < 4.78 is 4.53. The van der Waals surface area contributed by atoms with E-state index in [9.17, 15) is 4.79 Å². The van der Waals surface area contributed by atoms with E-state index < -0.39 is 12.0 Å². The number of hydrogen-bond donors (Lipinski definition) is 3. The second-order valence-electron chi connectivity index (χ2n) is 3.44. The van der Waals surface area contributed by atoms with Crippen LogP contribution < -0.4 is 11.5 Å². The molecule has 5 heteroatoms. The van der Waals surface area contributed by atoms with Crippen molar-refractivity contribution in [1.29, 1.82) is 5.41 Å². The van der Waals surface area contributed by atoms with E-state index in [2.05, 4.69) is 4.74 Å². The maximum Gasteiger partial charge on any atom is 0.322 e. The van der Waals surface area contributed by atoms with Gasteiger partial charge in [-0.05, 0) is 12.0 Å². The molecule has 0 aliphatic heterocycles. The number of esters is 1. The van der Waals surface area contributed by atoms with Gasteiger partial charge in [-0.1, -0.05) is 24.3 Å². The fourth-order valence-corrected chi connectivity index (χ4v) is 1.31. The van der Waals surface area contributed by atoms with Crippen molar-refractivity contribution in [3.8, 4) is 0 Å². The SMILES string of the molecule is COC(=O)C(N)Cc1ccc(C(=N)N)cc1. The number of methoxy groups -OCH3 is 1. The van der Waals surface area contributed by atoms with E-state index in [1.165, 1.54) is 7.11 Å². The van der Waals surface area contributed by atoms with Gasteiger partial charge in [0, 0.05) is 5.56 Å². The summed E-state index contributed by atoms with van der Waals surface area (Å²) in [6.45, 7) is 0. The highest BCUT2D eigenvalue weighted by molar-refractivity contribution is 5.94. The molecule has 0 saturated heterocycles. The number of rotatable bonds is 4. The first-order valence-electron chi connectivity index (χ1n) is 4.81. The van der Waals surface area contributed by atoms with Crippen molar-refractivity contribution in [3.63, 3.8) is 0 Å². The number of carbonyl (C=O) groups is 1. The third kappa shape index (κ3) is 3.06. The number of amidine groups is 1. The molecule has 0 spiro atoms. The van der Waals surface area contributed by atoms with Gasteiger partial charge in [0.15, 0.2) is 0 Å².